The number of anilines is 1. The Morgan fingerprint density at radius 3 is 2.81 bits per heavy atom. The lowest BCUT2D eigenvalue weighted by Crippen LogP contribution is -2.25. The first kappa shape index (κ1) is 17.8. The lowest BCUT2D eigenvalue weighted by Gasteiger charge is -2.14. The summed E-state index contributed by atoms with van der Waals surface area (Å²) < 4.78 is 16.0. The summed E-state index contributed by atoms with van der Waals surface area (Å²) in [5.74, 6) is 0.728. The Hall–Kier alpha value is -3.04. The van der Waals surface area contributed by atoms with E-state index in [1.54, 1.807) is 18.1 Å². The second kappa shape index (κ2) is 8.37. The quantitative estimate of drug-likeness (QED) is 0.765. The SMILES string of the molecule is COCC1CN(c2ccc(OCCc3cccc(C#N)c3)cc2)C(=O)O1. The third kappa shape index (κ3) is 4.32. The minimum Gasteiger partial charge on any atom is -0.493 e. The number of nitriles is 1. The molecule has 0 aliphatic carbocycles. The van der Waals surface area contributed by atoms with Gasteiger partial charge < -0.3 is 14.2 Å². The number of methoxy groups -OCH3 is 1. The topological polar surface area (TPSA) is 71.8 Å². The first-order valence-electron chi connectivity index (χ1n) is 8.38. The minimum atomic E-state index is -0.363. The number of hydrogen-bond donors (Lipinski definition) is 0. The zero-order valence-corrected chi connectivity index (χ0v) is 14.6. The fourth-order valence-corrected chi connectivity index (χ4v) is 2.81. The highest BCUT2D eigenvalue weighted by Crippen LogP contribution is 2.24. The van der Waals surface area contributed by atoms with Gasteiger partial charge in [0.05, 0.1) is 31.4 Å². The monoisotopic (exact) mass is 352 g/mol. The van der Waals surface area contributed by atoms with Gasteiger partial charge in [0.15, 0.2) is 0 Å². The fourth-order valence-electron chi connectivity index (χ4n) is 2.81. The van der Waals surface area contributed by atoms with E-state index in [2.05, 4.69) is 6.07 Å². The van der Waals surface area contributed by atoms with E-state index < -0.39 is 0 Å². The zero-order chi connectivity index (χ0) is 18.4. The van der Waals surface area contributed by atoms with Gasteiger partial charge >= 0.3 is 6.09 Å². The molecule has 0 bridgehead atoms. The normalized spacial score (nSPS) is 16.2. The summed E-state index contributed by atoms with van der Waals surface area (Å²) in [4.78, 5) is 13.5. The van der Waals surface area contributed by atoms with Crippen LogP contribution in [0.3, 0.4) is 0 Å². The minimum absolute atomic E-state index is 0.243. The van der Waals surface area contributed by atoms with Crippen molar-refractivity contribution in [1.82, 2.24) is 0 Å². The van der Waals surface area contributed by atoms with Crippen molar-refractivity contribution < 1.29 is 19.0 Å². The number of cyclic esters (lactones) is 1. The van der Waals surface area contributed by atoms with Crippen molar-refractivity contribution in [3.63, 3.8) is 0 Å². The average molecular weight is 352 g/mol. The maximum atomic E-state index is 11.9. The third-order valence-corrected chi connectivity index (χ3v) is 4.09. The predicted molar refractivity (Wildman–Crippen MR) is 96.3 cm³/mol. The largest absolute Gasteiger partial charge is 0.493 e. The van der Waals surface area contributed by atoms with Crippen LogP contribution >= 0.6 is 0 Å². The summed E-state index contributed by atoms with van der Waals surface area (Å²) in [6.45, 7) is 1.37. The van der Waals surface area contributed by atoms with Gasteiger partial charge in [0.2, 0.25) is 0 Å². The second-order valence-corrected chi connectivity index (χ2v) is 5.98. The molecule has 1 amide bonds. The molecule has 134 valence electrons. The smallest absolute Gasteiger partial charge is 0.414 e. The van der Waals surface area contributed by atoms with Gasteiger partial charge in [-0.2, -0.15) is 5.26 Å². The van der Waals surface area contributed by atoms with Crippen LogP contribution in [0.15, 0.2) is 48.5 Å². The van der Waals surface area contributed by atoms with E-state index in [0.29, 0.717) is 31.7 Å². The summed E-state index contributed by atoms with van der Waals surface area (Å²) in [5.41, 5.74) is 2.48. The van der Waals surface area contributed by atoms with E-state index in [9.17, 15) is 4.79 Å². The number of benzene rings is 2. The highest BCUT2D eigenvalue weighted by Gasteiger charge is 2.32. The molecule has 26 heavy (non-hydrogen) atoms. The number of carbonyl (C=O) groups is 1. The van der Waals surface area contributed by atoms with Crippen LogP contribution in [-0.2, 0) is 15.9 Å². The van der Waals surface area contributed by atoms with Crippen LogP contribution < -0.4 is 9.64 Å². The molecule has 1 unspecified atom stereocenters. The maximum Gasteiger partial charge on any atom is 0.414 e. The molecule has 1 atom stereocenters. The van der Waals surface area contributed by atoms with E-state index in [1.807, 2.05) is 42.5 Å². The summed E-state index contributed by atoms with van der Waals surface area (Å²) in [6.07, 6.45) is 0.111. The zero-order valence-electron chi connectivity index (χ0n) is 14.6. The van der Waals surface area contributed by atoms with Gasteiger partial charge in [0, 0.05) is 19.2 Å². The van der Waals surface area contributed by atoms with Crippen molar-refractivity contribution in [1.29, 1.82) is 5.26 Å². The Balaban J connectivity index is 1.53. The molecule has 0 N–H and O–H groups in total. The van der Waals surface area contributed by atoms with Crippen molar-refractivity contribution in [2.75, 3.05) is 31.8 Å². The Bertz CT molecular complexity index is 798. The fraction of sp³-hybridized carbons (Fsp3) is 0.300. The second-order valence-electron chi connectivity index (χ2n) is 5.98. The number of amides is 1. The molecular weight excluding hydrogens is 332 g/mol. The van der Waals surface area contributed by atoms with Crippen LogP contribution in [0, 0.1) is 11.3 Å². The summed E-state index contributed by atoms with van der Waals surface area (Å²) in [7, 11) is 1.58. The molecule has 1 heterocycles. The third-order valence-electron chi connectivity index (χ3n) is 4.09. The molecular formula is C20H20N2O4. The summed E-state index contributed by atoms with van der Waals surface area (Å²) in [5, 5.41) is 8.92. The van der Waals surface area contributed by atoms with Gasteiger partial charge in [-0.15, -0.1) is 0 Å². The van der Waals surface area contributed by atoms with Crippen LogP contribution in [0.1, 0.15) is 11.1 Å². The van der Waals surface area contributed by atoms with Gasteiger partial charge in [-0.25, -0.2) is 4.79 Å². The number of ether oxygens (including phenoxy) is 3. The molecule has 6 nitrogen and oxygen atoms in total. The van der Waals surface area contributed by atoms with Gasteiger partial charge in [-0.1, -0.05) is 12.1 Å². The van der Waals surface area contributed by atoms with Gasteiger partial charge in [-0.3, -0.25) is 4.90 Å². The Kier molecular flexibility index (Phi) is 5.72. The van der Waals surface area contributed by atoms with Crippen molar-refractivity contribution in [3.8, 4) is 11.8 Å². The molecule has 1 aliphatic heterocycles. The van der Waals surface area contributed by atoms with E-state index in [-0.39, 0.29) is 12.2 Å². The molecule has 1 aliphatic rings. The van der Waals surface area contributed by atoms with Crippen molar-refractivity contribution in [2.45, 2.75) is 12.5 Å². The highest BCUT2D eigenvalue weighted by atomic mass is 16.6. The summed E-state index contributed by atoms with van der Waals surface area (Å²) in [6, 6.07) is 17.0. The van der Waals surface area contributed by atoms with Crippen LogP contribution in [0.5, 0.6) is 5.75 Å². The Labute approximate surface area is 152 Å². The molecule has 0 aromatic heterocycles. The van der Waals surface area contributed by atoms with Crippen LogP contribution in [0.25, 0.3) is 0 Å². The number of hydrogen-bond acceptors (Lipinski definition) is 5. The Morgan fingerprint density at radius 2 is 2.08 bits per heavy atom. The average Bonchev–Trinajstić information content (AvgIpc) is 3.03. The molecule has 1 fully saturated rings. The molecule has 3 rings (SSSR count). The van der Waals surface area contributed by atoms with Gasteiger partial charge in [-0.05, 0) is 42.0 Å². The predicted octanol–water partition coefficient (Wildman–Crippen LogP) is 3.15. The first-order chi connectivity index (χ1) is 12.7. The number of nitrogens with zero attached hydrogens (tertiary/aromatic N) is 2. The van der Waals surface area contributed by atoms with Crippen molar-refractivity contribution in [2.24, 2.45) is 0 Å². The molecule has 2 aromatic rings. The van der Waals surface area contributed by atoms with Gasteiger partial charge in [0.25, 0.3) is 0 Å². The van der Waals surface area contributed by atoms with E-state index in [0.717, 1.165) is 17.0 Å². The first-order valence-corrected chi connectivity index (χ1v) is 8.38. The molecule has 0 spiro atoms. The lowest BCUT2D eigenvalue weighted by atomic mass is 10.1. The van der Waals surface area contributed by atoms with E-state index in [1.165, 1.54) is 0 Å². The van der Waals surface area contributed by atoms with Crippen molar-refractivity contribution >= 4 is 11.8 Å². The van der Waals surface area contributed by atoms with Crippen LogP contribution in [0.2, 0.25) is 0 Å². The summed E-state index contributed by atoms with van der Waals surface area (Å²) >= 11 is 0. The van der Waals surface area contributed by atoms with E-state index in [4.69, 9.17) is 19.5 Å². The van der Waals surface area contributed by atoms with E-state index >= 15 is 0 Å². The molecule has 6 heteroatoms. The van der Waals surface area contributed by atoms with Crippen LogP contribution in [-0.4, -0.2) is 39.1 Å². The van der Waals surface area contributed by atoms with Crippen LogP contribution in [0.4, 0.5) is 10.5 Å². The number of rotatable bonds is 7. The number of carbonyl (C=O) groups excluding carboxylic acids is 1. The highest BCUT2D eigenvalue weighted by molar-refractivity contribution is 5.89. The lowest BCUT2D eigenvalue weighted by molar-refractivity contribution is 0.0718. The molecule has 0 radical (unpaired) electrons. The van der Waals surface area contributed by atoms with Gasteiger partial charge in [0.1, 0.15) is 11.9 Å². The Morgan fingerprint density at radius 1 is 1.27 bits per heavy atom. The standard InChI is InChI=1S/C20H20N2O4/c1-24-14-19-13-22(20(23)26-19)17-5-7-18(8-6-17)25-10-9-15-3-2-4-16(11-15)12-21/h2-8,11,19H,9-10,13-14H2,1H3. The van der Waals surface area contributed by atoms with Crippen molar-refractivity contribution in [3.05, 3.63) is 59.7 Å². The molecule has 0 saturated carbocycles. The molecule has 2 aromatic carbocycles. The maximum absolute atomic E-state index is 11.9. The molecule has 1 saturated heterocycles.